The van der Waals surface area contributed by atoms with Gasteiger partial charge in [0.1, 0.15) is 11.6 Å². The molecule has 0 fully saturated rings. The van der Waals surface area contributed by atoms with Gasteiger partial charge in [0.05, 0.1) is 12.6 Å². The van der Waals surface area contributed by atoms with Crippen LogP contribution in [0.2, 0.25) is 0 Å². The molecule has 6 heteroatoms. The molecule has 0 bridgehead atoms. The molecule has 0 spiro atoms. The minimum absolute atomic E-state index is 0.305. The van der Waals surface area contributed by atoms with Crippen LogP contribution in [0.4, 0.5) is 4.79 Å². The zero-order valence-electron chi connectivity index (χ0n) is 13.6. The predicted molar refractivity (Wildman–Crippen MR) is 77.5 cm³/mol. The first kappa shape index (κ1) is 18.7. The summed E-state index contributed by atoms with van der Waals surface area (Å²) < 4.78 is 9.91. The van der Waals surface area contributed by atoms with E-state index >= 15 is 0 Å². The first-order valence-electron chi connectivity index (χ1n) is 6.83. The second kappa shape index (κ2) is 7.47. The first-order valence-corrected chi connectivity index (χ1v) is 6.83. The lowest BCUT2D eigenvalue weighted by molar-refractivity contribution is -0.143. The van der Waals surface area contributed by atoms with Gasteiger partial charge in [-0.15, -0.1) is 0 Å². The normalized spacial score (nSPS) is 13.6. The lowest BCUT2D eigenvalue weighted by Crippen LogP contribution is -2.54. The number of methoxy groups -OCH3 is 1. The highest BCUT2D eigenvalue weighted by Gasteiger charge is 2.26. The molecule has 20 heavy (non-hydrogen) atoms. The van der Waals surface area contributed by atoms with Gasteiger partial charge in [0, 0.05) is 6.54 Å². The number of rotatable bonds is 6. The number of carbonyl (C=O) groups is 2. The highest BCUT2D eigenvalue weighted by atomic mass is 16.6. The van der Waals surface area contributed by atoms with Crippen LogP contribution in [0.1, 0.15) is 48.0 Å². The van der Waals surface area contributed by atoms with Crippen molar-refractivity contribution in [2.75, 3.05) is 13.7 Å². The van der Waals surface area contributed by atoms with E-state index in [-0.39, 0.29) is 12.0 Å². The number of hydrogen-bond donors (Lipinski definition) is 2. The lowest BCUT2D eigenvalue weighted by atomic mass is 10.1. The van der Waals surface area contributed by atoms with Crippen LogP contribution in [-0.2, 0) is 14.3 Å². The van der Waals surface area contributed by atoms with E-state index in [1.807, 2.05) is 41.5 Å². The number of amides is 1. The Hall–Kier alpha value is -1.30. The van der Waals surface area contributed by atoms with Crippen LogP contribution >= 0.6 is 0 Å². The van der Waals surface area contributed by atoms with Crippen LogP contribution in [0.5, 0.6) is 0 Å². The number of hydrogen-bond acceptors (Lipinski definition) is 5. The van der Waals surface area contributed by atoms with E-state index in [2.05, 4.69) is 10.6 Å². The van der Waals surface area contributed by atoms with Gasteiger partial charge in [0.2, 0.25) is 0 Å². The zero-order chi connectivity index (χ0) is 16.0. The fourth-order valence-electron chi connectivity index (χ4n) is 1.54. The molecule has 118 valence electrons. The van der Waals surface area contributed by atoms with Crippen molar-refractivity contribution in [2.45, 2.75) is 65.1 Å². The SMILES string of the molecule is CCC(NCC(C)(C)NC(=O)OC(C)(C)C)C(=O)OC. The number of esters is 1. The molecule has 0 aromatic carbocycles. The number of ether oxygens (including phenoxy) is 2. The van der Waals surface area contributed by atoms with Crippen molar-refractivity contribution >= 4 is 12.1 Å². The molecule has 0 rings (SSSR count). The zero-order valence-corrected chi connectivity index (χ0v) is 13.6. The summed E-state index contributed by atoms with van der Waals surface area (Å²) in [5, 5.41) is 5.86. The maximum atomic E-state index is 11.7. The molecule has 0 aliphatic heterocycles. The fourth-order valence-corrected chi connectivity index (χ4v) is 1.54. The standard InChI is InChI=1S/C14H28N2O4/c1-8-10(11(17)19-7)15-9-14(5,6)16-12(18)20-13(2,3)4/h10,15H,8-9H2,1-7H3,(H,16,18). The Morgan fingerprint density at radius 3 is 2.10 bits per heavy atom. The van der Waals surface area contributed by atoms with Crippen LogP contribution in [0.15, 0.2) is 0 Å². The van der Waals surface area contributed by atoms with Crippen molar-refractivity contribution in [1.29, 1.82) is 0 Å². The van der Waals surface area contributed by atoms with Gasteiger partial charge >= 0.3 is 12.1 Å². The van der Waals surface area contributed by atoms with Gasteiger partial charge in [-0.2, -0.15) is 0 Å². The molecular weight excluding hydrogens is 260 g/mol. The Balaban J connectivity index is 4.37. The third-order valence-corrected chi connectivity index (χ3v) is 2.52. The highest BCUT2D eigenvalue weighted by Crippen LogP contribution is 2.09. The van der Waals surface area contributed by atoms with Crippen molar-refractivity contribution in [2.24, 2.45) is 0 Å². The molecule has 6 nitrogen and oxygen atoms in total. The third-order valence-electron chi connectivity index (χ3n) is 2.52. The number of nitrogens with one attached hydrogen (secondary N) is 2. The largest absolute Gasteiger partial charge is 0.468 e. The van der Waals surface area contributed by atoms with E-state index in [0.29, 0.717) is 13.0 Å². The van der Waals surface area contributed by atoms with Crippen LogP contribution in [0.3, 0.4) is 0 Å². The molecule has 0 aromatic heterocycles. The van der Waals surface area contributed by atoms with Crippen molar-refractivity contribution in [1.82, 2.24) is 10.6 Å². The molecule has 2 N–H and O–H groups in total. The van der Waals surface area contributed by atoms with Crippen molar-refractivity contribution in [3.8, 4) is 0 Å². The maximum absolute atomic E-state index is 11.7. The maximum Gasteiger partial charge on any atom is 0.408 e. The topological polar surface area (TPSA) is 76.7 Å². The molecule has 0 radical (unpaired) electrons. The van der Waals surface area contributed by atoms with E-state index in [9.17, 15) is 9.59 Å². The smallest absolute Gasteiger partial charge is 0.408 e. The predicted octanol–water partition coefficient (Wildman–Crippen LogP) is 1.83. The van der Waals surface area contributed by atoms with Crippen molar-refractivity contribution in [3.05, 3.63) is 0 Å². The Bertz CT molecular complexity index is 335. The van der Waals surface area contributed by atoms with Crippen LogP contribution in [0.25, 0.3) is 0 Å². The van der Waals surface area contributed by atoms with Gasteiger partial charge < -0.3 is 20.1 Å². The Labute approximate surface area is 121 Å². The van der Waals surface area contributed by atoms with E-state index in [1.54, 1.807) is 0 Å². The Kier molecular flexibility index (Phi) is 6.99. The van der Waals surface area contributed by atoms with Gasteiger partial charge in [-0.1, -0.05) is 6.92 Å². The molecule has 0 heterocycles. The van der Waals surface area contributed by atoms with Crippen molar-refractivity contribution in [3.63, 3.8) is 0 Å². The number of alkyl carbamates (subject to hydrolysis) is 1. The summed E-state index contributed by atoms with van der Waals surface area (Å²) in [6, 6.07) is -0.375. The average Bonchev–Trinajstić information content (AvgIpc) is 2.25. The van der Waals surface area contributed by atoms with Crippen LogP contribution in [-0.4, -0.2) is 42.9 Å². The van der Waals surface area contributed by atoms with Gasteiger partial charge in [0.15, 0.2) is 0 Å². The second-order valence-electron chi connectivity index (χ2n) is 6.38. The number of carbonyl (C=O) groups excluding carboxylic acids is 2. The third kappa shape index (κ3) is 7.99. The summed E-state index contributed by atoms with van der Waals surface area (Å²) in [7, 11) is 1.36. The van der Waals surface area contributed by atoms with Crippen LogP contribution in [0, 0.1) is 0 Å². The van der Waals surface area contributed by atoms with Gasteiger partial charge in [-0.3, -0.25) is 4.79 Å². The summed E-state index contributed by atoms with van der Waals surface area (Å²) in [4.78, 5) is 23.2. The summed E-state index contributed by atoms with van der Waals surface area (Å²) in [6.45, 7) is 11.5. The molecule has 0 saturated carbocycles. The second-order valence-corrected chi connectivity index (χ2v) is 6.38. The summed E-state index contributed by atoms with van der Waals surface area (Å²) in [5.41, 5.74) is -1.07. The van der Waals surface area contributed by atoms with E-state index in [0.717, 1.165) is 0 Å². The minimum Gasteiger partial charge on any atom is -0.468 e. The molecule has 0 saturated heterocycles. The van der Waals surface area contributed by atoms with E-state index < -0.39 is 17.2 Å². The fraction of sp³-hybridized carbons (Fsp3) is 0.857. The molecular formula is C14H28N2O4. The summed E-state index contributed by atoms with van der Waals surface area (Å²) in [6.07, 6.45) is 0.144. The molecule has 0 aromatic rings. The monoisotopic (exact) mass is 288 g/mol. The Morgan fingerprint density at radius 2 is 1.70 bits per heavy atom. The minimum atomic E-state index is -0.538. The van der Waals surface area contributed by atoms with Crippen LogP contribution < -0.4 is 10.6 Å². The molecule has 1 atom stereocenters. The summed E-state index contributed by atoms with van der Waals surface area (Å²) in [5.74, 6) is -0.305. The lowest BCUT2D eigenvalue weighted by Gasteiger charge is -2.30. The van der Waals surface area contributed by atoms with E-state index in [4.69, 9.17) is 9.47 Å². The molecule has 0 aliphatic carbocycles. The van der Waals surface area contributed by atoms with E-state index in [1.165, 1.54) is 7.11 Å². The van der Waals surface area contributed by atoms with Gasteiger partial charge in [-0.25, -0.2) is 4.79 Å². The highest BCUT2D eigenvalue weighted by molar-refractivity contribution is 5.75. The first-order chi connectivity index (χ1) is 9.00. The summed E-state index contributed by atoms with van der Waals surface area (Å²) >= 11 is 0. The quantitative estimate of drug-likeness (QED) is 0.729. The average molecular weight is 288 g/mol. The molecule has 1 amide bonds. The molecule has 0 aliphatic rings. The molecule has 1 unspecified atom stereocenters. The van der Waals surface area contributed by atoms with Crippen molar-refractivity contribution < 1.29 is 19.1 Å². The van der Waals surface area contributed by atoms with Gasteiger partial charge in [-0.05, 0) is 41.0 Å². The Morgan fingerprint density at radius 1 is 1.15 bits per heavy atom. The van der Waals surface area contributed by atoms with Gasteiger partial charge in [0.25, 0.3) is 0 Å².